The number of aryl methyl sites for hydroxylation is 1. The van der Waals surface area contributed by atoms with Gasteiger partial charge in [0.1, 0.15) is 0 Å². The third kappa shape index (κ3) is 5.78. The average molecular weight is 310 g/mol. The summed E-state index contributed by atoms with van der Waals surface area (Å²) in [6.07, 6.45) is 1.15. The molecule has 0 aliphatic rings. The van der Waals surface area contributed by atoms with Crippen LogP contribution in [0.25, 0.3) is 0 Å². The molecular weight excluding hydrogens is 292 g/mol. The summed E-state index contributed by atoms with van der Waals surface area (Å²) in [5.74, 6) is -1.00. The van der Waals surface area contributed by atoms with Crippen LogP contribution < -0.4 is 10.1 Å². The molecule has 1 amide bonds. The molecule has 0 spiro atoms. The number of amides is 1. The van der Waals surface area contributed by atoms with Crippen molar-refractivity contribution in [2.45, 2.75) is 25.7 Å². The number of hydrogen-bond acceptors (Lipinski definition) is 5. The largest absolute Gasteiger partial charge is 0.490 e. The number of aliphatic carboxylic acids is 1. The van der Waals surface area contributed by atoms with E-state index in [2.05, 4.69) is 5.32 Å². The number of ether oxygens (including phenoxy) is 1. The number of nitro groups is 1. The van der Waals surface area contributed by atoms with Gasteiger partial charge >= 0.3 is 11.7 Å². The third-order valence-electron chi connectivity index (χ3n) is 2.97. The van der Waals surface area contributed by atoms with Gasteiger partial charge in [0.25, 0.3) is 0 Å². The molecule has 0 unspecified atom stereocenters. The number of methoxy groups -OCH3 is 1. The number of carboxylic acid groups (broad SMARTS) is 1. The molecule has 0 radical (unpaired) electrons. The normalized spacial score (nSPS) is 10.0. The fraction of sp³-hybridized carbons (Fsp3) is 0.429. The molecular formula is C14H18N2O6. The Labute approximate surface area is 127 Å². The van der Waals surface area contributed by atoms with E-state index in [-0.39, 0.29) is 36.7 Å². The number of carboxylic acids is 1. The summed E-state index contributed by atoms with van der Waals surface area (Å²) in [5.41, 5.74) is 0.636. The first-order chi connectivity index (χ1) is 10.4. The van der Waals surface area contributed by atoms with Gasteiger partial charge in [-0.05, 0) is 24.5 Å². The van der Waals surface area contributed by atoms with Gasteiger partial charge in [0.15, 0.2) is 5.75 Å². The predicted molar refractivity (Wildman–Crippen MR) is 77.8 cm³/mol. The summed E-state index contributed by atoms with van der Waals surface area (Å²) in [6.45, 7) is 0.0994. The van der Waals surface area contributed by atoms with E-state index >= 15 is 0 Å². The number of hydrogen-bond donors (Lipinski definition) is 2. The molecule has 22 heavy (non-hydrogen) atoms. The van der Waals surface area contributed by atoms with Crippen molar-refractivity contribution in [2.24, 2.45) is 0 Å². The minimum Gasteiger partial charge on any atom is -0.490 e. The molecule has 0 aliphatic heterocycles. The maximum atomic E-state index is 11.5. The van der Waals surface area contributed by atoms with Gasteiger partial charge in [0, 0.05) is 19.0 Å². The van der Waals surface area contributed by atoms with E-state index in [1.54, 1.807) is 6.07 Å². The number of nitro benzene ring substituents is 1. The van der Waals surface area contributed by atoms with E-state index in [1.807, 2.05) is 0 Å². The van der Waals surface area contributed by atoms with Crippen LogP contribution in [0.2, 0.25) is 0 Å². The highest BCUT2D eigenvalue weighted by Crippen LogP contribution is 2.27. The van der Waals surface area contributed by atoms with E-state index in [1.165, 1.54) is 19.2 Å². The second kappa shape index (κ2) is 8.60. The summed E-state index contributed by atoms with van der Waals surface area (Å²) >= 11 is 0. The lowest BCUT2D eigenvalue weighted by atomic mass is 10.1. The summed E-state index contributed by atoms with van der Waals surface area (Å²) in [6, 6.07) is 4.68. The summed E-state index contributed by atoms with van der Waals surface area (Å²) in [5, 5.41) is 21.8. The summed E-state index contributed by atoms with van der Waals surface area (Å²) in [4.78, 5) is 32.1. The highest BCUT2D eigenvalue weighted by atomic mass is 16.6. The molecule has 0 atom stereocenters. The highest BCUT2D eigenvalue weighted by Gasteiger charge is 2.15. The van der Waals surface area contributed by atoms with E-state index < -0.39 is 10.9 Å². The second-order valence-corrected chi connectivity index (χ2v) is 4.61. The minimum atomic E-state index is -0.967. The Morgan fingerprint density at radius 1 is 1.36 bits per heavy atom. The first-order valence-electron chi connectivity index (χ1n) is 6.74. The van der Waals surface area contributed by atoms with Crippen LogP contribution in [0.1, 0.15) is 24.8 Å². The minimum absolute atomic E-state index is 0.0994. The molecule has 0 aromatic heterocycles. The summed E-state index contributed by atoms with van der Waals surface area (Å²) in [7, 11) is 1.36. The Balaban J connectivity index is 2.45. The molecule has 1 rings (SSSR count). The second-order valence-electron chi connectivity index (χ2n) is 4.61. The van der Waals surface area contributed by atoms with Gasteiger partial charge in [-0.25, -0.2) is 0 Å². The van der Waals surface area contributed by atoms with E-state index in [0.717, 1.165) is 5.56 Å². The number of rotatable bonds is 9. The molecule has 1 aromatic carbocycles. The van der Waals surface area contributed by atoms with Crippen molar-refractivity contribution in [1.82, 2.24) is 5.32 Å². The van der Waals surface area contributed by atoms with Gasteiger partial charge in [0.05, 0.1) is 18.5 Å². The van der Waals surface area contributed by atoms with Gasteiger partial charge in [-0.3, -0.25) is 19.7 Å². The lowest BCUT2D eigenvalue weighted by molar-refractivity contribution is -0.385. The predicted octanol–water partition coefficient (Wildman–Crippen LogP) is 1.52. The van der Waals surface area contributed by atoms with Crippen LogP contribution >= 0.6 is 0 Å². The molecule has 0 heterocycles. The molecule has 0 saturated heterocycles. The van der Waals surface area contributed by atoms with Crippen molar-refractivity contribution in [3.63, 3.8) is 0 Å². The Morgan fingerprint density at radius 2 is 2.09 bits per heavy atom. The SMILES string of the molecule is COc1ccc(CCCC(=O)NCCC(=O)O)cc1[N+](=O)[O-]. The van der Waals surface area contributed by atoms with Gasteiger partial charge in [0.2, 0.25) is 5.91 Å². The zero-order chi connectivity index (χ0) is 16.5. The van der Waals surface area contributed by atoms with Crippen LogP contribution in [0, 0.1) is 10.1 Å². The highest BCUT2D eigenvalue weighted by molar-refractivity contribution is 5.76. The molecule has 0 bridgehead atoms. The smallest absolute Gasteiger partial charge is 0.311 e. The van der Waals surface area contributed by atoms with Crippen molar-refractivity contribution in [3.05, 3.63) is 33.9 Å². The number of benzene rings is 1. The maximum absolute atomic E-state index is 11.5. The van der Waals surface area contributed by atoms with E-state index in [4.69, 9.17) is 9.84 Å². The molecule has 1 aromatic rings. The van der Waals surface area contributed by atoms with E-state index in [9.17, 15) is 19.7 Å². The topological polar surface area (TPSA) is 119 Å². The Morgan fingerprint density at radius 3 is 2.68 bits per heavy atom. The van der Waals surface area contributed by atoms with Crippen LogP contribution in [0.4, 0.5) is 5.69 Å². The number of carbonyl (C=O) groups is 2. The molecule has 0 saturated carbocycles. The van der Waals surface area contributed by atoms with Crippen LogP contribution in [0.5, 0.6) is 5.75 Å². The zero-order valence-electron chi connectivity index (χ0n) is 12.2. The molecule has 0 aliphatic carbocycles. The third-order valence-corrected chi connectivity index (χ3v) is 2.97. The number of carbonyl (C=O) groups excluding carboxylic acids is 1. The molecule has 8 nitrogen and oxygen atoms in total. The Hall–Kier alpha value is -2.64. The number of nitrogens with one attached hydrogen (secondary N) is 1. The first-order valence-corrected chi connectivity index (χ1v) is 6.74. The maximum Gasteiger partial charge on any atom is 0.311 e. The molecule has 0 fully saturated rings. The molecule has 2 N–H and O–H groups in total. The Kier molecular flexibility index (Phi) is 6.81. The summed E-state index contributed by atoms with van der Waals surface area (Å²) < 4.78 is 4.91. The van der Waals surface area contributed by atoms with Crippen LogP contribution in [-0.4, -0.2) is 35.6 Å². The van der Waals surface area contributed by atoms with Crippen LogP contribution in [-0.2, 0) is 16.0 Å². The van der Waals surface area contributed by atoms with Gasteiger partial charge < -0.3 is 15.2 Å². The average Bonchev–Trinajstić information content (AvgIpc) is 2.46. The lowest BCUT2D eigenvalue weighted by Crippen LogP contribution is -2.25. The quantitative estimate of drug-likeness (QED) is 0.527. The monoisotopic (exact) mass is 310 g/mol. The van der Waals surface area contributed by atoms with Gasteiger partial charge in [-0.2, -0.15) is 0 Å². The van der Waals surface area contributed by atoms with Gasteiger partial charge in [-0.15, -0.1) is 0 Å². The fourth-order valence-electron chi connectivity index (χ4n) is 1.88. The van der Waals surface area contributed by atoms with Crippen molar-refractivity contribution in [1.29, 1.82) is 0 Å². The zero-order valence-corrected chi connectivity index (χ0v) is 12.2. The van der Waals surface area contributed by atoms with Crippen molar-refractivity contribution < 1.29 is 24.4 Å². The van der Waals surface area contributed by atoms with Crippen molar-refractivity contribution in [2.75, 3.05) is 13.7 Å². The van der Waals surface area contributed by atoms with E-state index in [0.29, 0.717) is 12.8 Å². The van der Waals surface area contributed by atoms with Crippen molar-refractivity contribution >= 4 is 17.6 Å². The first kappa shape index (κ1) is 17.4. The lowest BCUT2D eigenvalue weighted by Gasteiger charge is -2.06. The molecule has 8 heteroatoms. The standard InChI is InChI=1S/C14H18N2O6/c1-22-12-6-5-10(9-11(12)16(20)21)3-2-4-13(17)15-8-7-14(18)19/h5-6,9H,2-4,7-8H2,1H3,(H,15,17)(H,18,19). The molecule has 120 valence electrons. The fourth-order valence-corrected chi connectivity index (χ4v) is 1.88. The van der Waals surface area contributed by atoms with Gasteiger partial charge in [-0.1, -0.05) is 6.07 Å². The Bertz CT molecular complexity index is 558. The van der Waals surface area contributed by atoms with Crippen molar-refractivity contribution in [3.8, 4) is 5.75 Å². The van der Waals surface area contributed by atoms with Crippen LogP contribution in [0.3, 0.4) is 0 Å². The van der Waals surface area contributed by atoms with Crippen LogP contribution in [0.15, 0.2) is 18.2 Å². The number of nitrogens with zero attached hydrogens (tertiary/aromatic N) is 1.